The lowest BCUT2D eigenvalue weighted by Crippen LogP contribution is -1.99. The van der Waals surface area contributed by atoms with Crippen LogP contribution in [0.15, 0.2) is 35.2 Å². The second-order valence-electron chi connectivity index (χ2n) is 3.14. The fourth-order valence-electron chi connectivity index (χ4n) is 1.37. The normalized spacial score (nSPS) is 10.1. The van der Waals surface area contributed by atoms with Gasteiger partial charge in [0.15, 0.2) is 0 Å². The molecule has 0 saturated carbocycles. The zero-order valence-corrected chi connectivity index (χ0v) is 8.70. The summed E-state index contributed by atoms with van der Waals surface area (Å²) < 4.78 is 0. The summed E-state index contributed by atoms with van der Waals surface area (Å²) in [6, 6.07) is 7.46. The zero-order valence-electron chi connectivity index (χ0n) is 7.88. The molecule has 0 aliphatic rings. The number of benzene rings is 1. The first-order chi connectivity index (χ1) is 7.25. The number of carboxylic acid groups (broad SMARTS) is 1. The van der Waals surface area contributed by atoms with Crippen LogP contribution in [0.5, 0.6) is 0 Å². The lowest BCUT2D eigenvalue weighted by Gasteiger charge is -2.00. The summed E-state index contributed by atoms with van der Waals surface area (Å²) in [6.07, 6.45) is 0.0535. The predicted molar refractivity (Wildman–Crippen MR) is 58.9 cm³/mol. The fourth-order valence-corrected chi connectivity index (χ4v) is 1.93. The van der Waals surface area contributed by atoms with E-state index in [1.165, 1.54) is 11.3 Å². The van der Waals surface area contributed by atoms with E-state index in [0.29, 0.717) is 0 Å². The van der Waals surface area contributed by atoms with E-state index in [0.717, 1.165) is 16.8 Å². The minimum absolute atomic E-state index is 0.0535. The van der Waals surface area contributed by atoms with Gasteiger partial charge in [-0.05, 0) is 11.6 Å². The number of aliphatic carboxylic acids is 1. The Morgan fingerprint density at radius 2 is 2.33 bits per heavy atom. The average Bonchev–Trinajstić information content (AvgIpc) is 2.69. The van der Waals surface area contributed by atoms with Crippen LogP contribution in [0.25, 0.3) is 11.3 Å². The Hall–Kier alpha value is -1.68. The molecule has 0 amide bonds. The molecule has 0 aliphatic heterocycles. The summed E-state index contributed by atoms with van der Waals surface area (Å²) in [4.78, 5) is 14.7. The molecule has 0 fully saturated rings. The van der Waals surface area contributed by atoms with Crippen LogP contribution in [-0.2, 0) is 11.2 Å². The Morgan fingerprint density at radius 1 is 1.47 bits per heavy atom. The molecule has 76 valence electrons. The molecule has 0 unspecified atom stereocenters. The van der Waals surface area contributed by atoms with Crippen LogP contribution in [0.3, 0.4) is 0 Å². The van der Waals surface area contributed by atoms with Crippen molar-refractivity contribution in [2.45, 2.75) is 6.42 Å². The molecule has 0 bridgehead atoms. The second kappa shape index (κ2) is 4.23. The van der Waals surface area contributed by atoms with E-state index in [1.807, 2.05) is 29.6 Å². The van der Waals surface area contributed by atoms with Crippen molar-refractivity contribution < 1.29 is 9.90 Å². The van der Waals surface area contributed by atoms with E-state index in [-0.39, 0.29) is 6.42 Å². The summed E-state index contributed by atoms with van der Waals surface area (Å²) in [6.45, 7) is 0. The van der Waals surface area contributed by atoms with E-state index in [2.05, 4.69) is 4.98 Å². The molecule has 2 rings (SSSR count). The van der Waals surface area contributed by atoms with Crippen molar-refractivity contribution in [1.82, 2.24) is 4.98 Å². The number of thiazole rings is 1. The largest absolute Gasteiger partial charge is 0.481 e. The third-order valence-corrected chi connectivity index (χ3v) is 2.60. The minimum atomic E-state index is -0.814. The monoisotopic (exact) mass is 219 g/mol. The van der Waals surface area contributed by atoms with Gasteiger partial charge in [-0.2, -0.15) is 0 Å². The number of hydrogen-bond donors (Lipinski definition) is 1. The highest BCUT2D eigenvalue weighted by Crippen LogP contribution is 2.20. The molecule has 15 heavy (non-hydrogen) atoms. The fraction of sp³-hybridized carbons (Fsp3) is 0.0909. The van der Waals surface area contributed by atoms with Crippen LogP contribution in [-0.4, -0.2) is 16.1 Å². The van der Waals surface area contributed by atoms with Gasteiger partial charge in [-0.3, -0.25) is 4.79 Å². The Kier molecular flexibility index (Phi) is 2.78. The van der Waals surface area contributed by atoms with Gasteiger partial charge in [-0.1, -0.05) is 18.2 Å². The van der Waals surface area contributed by atoms with Gasteiger partial charge in [-0.25, -0.2) is 4.98 Å². The van der Waals surface area contributed by atoms with E-state index in [9.17, 15) is 4.79 Å². The molecule has 0 atom stereocenters. The van der Waals surface area contributed by atoms with Gasteiger partial charge in [0.25, 0.3) is 0 Å². The molecule has 3 nitrogen and oxygen atoms in total. The van der Waals surface area contributed by atoms with Crippen molar-refractivity contribution in [3.05, 3.63) is 40.7 Å². The van der Waals surface area contributed by atoms with Crippen molar-refractivity contribution in [1.29, 1.82) is 0 Å². The van der Waals surface area contributed by atoms with Crippen LogP contribution in [0.2, 0.25) is 0 Å². The first-order valence-electron chi connectivity index (χ1n) is 4.45. The maximum absolute atomic E-state index is 10.6. The molecule has 0 spiro atoms. The van der Waals surface area contributed by atoms with Gasteiger partial charge in [-0.15, -0.1) is 11.3 Å². The van der Waals surface area contributed by atoms with E-state index >= 15 is 0 Å². The minimum Gasteiger partial charge on any atom is -0.481 e. The molecular formula is C11H9NO2S. The van der Waals surface area contributed by atoms with Gasteiger partial charge < -0.3 is 5.11 Å². The number of aromatic nitrogens is 1. The molecule has 1 N–H and O–H groups in total. The number of nitrogens with zero attached hydrogens (tertiary/aromatic N) is 1. The molecule has 0 radical (unpaired) electrons. The smallest absolute Gasteiger partial charge is 0.307 e. The first-order valence-corrected chi connectivity index (χ1v) is 5.39. The van der Waals surface area contributed by atoms with Crippen molar-refractivity contribution in [2.24, 2.45) is 0 Å². The standard InChI is InChI=1S/C11H9NO2S/c13-11(14)5-8-2-1-3-9(4-8)10-6-15-7-12-10/h1-4,6-7H,5H2,(H,13,14). The van der Waals surface area contributed by atoms with Gasteiger partial charge >= 0.3 is 5.97 Å². The van der Waals surface area contributed by atoms with Crippen LogP contribution in [0.4, 0.5) is 0 Å². The molecular weight excluding hydrogens is 210 g/mol. The van der Waals surface area contributed by atoms with Crippen LogP contribution in [0.1, 0.15) is 5.56 Å². The average molecular weight is 219 g/mol. The SMILES string of the molecule is O=C(O)Cc1cccc(-c2cscn2)c1. The number of carbonyl (C=O) groups is 1. The lowest BCUT2D eigenvalue weighted by atomic mass is 10.1. The second-order valence-corrected chi connectivity index (χ2v) is 3.86. The van der Waals surface area contributed by atoms with Crippen LogP contribution >= 0.6 is 11.3 Å². The van der Waals surface area contributed by atoms with Gasteiger partial charge in [0, 0.05) is 10.9 Å². The van der Waals surface area contributed by atoms with Gasteiger partial charge in [0.2, 0.25) is 0 Å². The molecule has 1 aromatic carbocycles. The first kappa shape index (κ1) is 9.86. The van der Waals surface area contributed by atoms with Crippen molar-refractivity contribution >= 4 is 17.3 Å². The third kappa shape index (κ3) is 2.41. The summed E-state index contributed by atoms with van der Waals surface area (Å²) in [5, 5.41) is 10.6. The topological polar surface area (TPSA) is 50.2 Å². The highest BCUT2D eigenvalue weighted by molar-refractivity contribution is 7.07. The predicted octanol–water partition coefficient (Wildman–Crippen LogP) is 2.44. The highest BCUT2D eigenvalue weighted by Gasteiger charge is 2.03. The Bertz CT molecular complexity index is 465. The third-order valence-electron chi connectivity index (χ3n) is 2.01. The molecule has 0 saturated heterocycles. The number of carboxylic acids is 1. The van der Waals surface area contributed by atoms with Crippen molar-refractivity contribution in [2.75, 3.05) is 0 Å². The molecule has 2 aromatic rings. The lowest BCUT2D eigenvalue weighted by molar-refractivity contribution is -0.136. The Labute approximate surface area is 91.0 Å². The summed E-state index contributed by atoms with van der Waals surface area (Å²) in [5.41, 5.74) is 4.43. The van der Waals surface area contributed by atoms with Crippen LogP contribution in [0, 0.1) is 0 Å². The highest BCUT2D eigenvalue weighted by atomic mass is 32.1. The van der Waals surface area contributed by atoms with Crippen molar-refractivity contribution in [3.63, 3.8) is 0 Å². The van der Waals surface area contributed by atoms with E-state index in [1.54, 1.807) is 5.51 Å². The maximum atomic E-state index is 10.6. The Morgan fingerprint density at radius 3 is 3.00 bits per heavy atom. The van der Waals surface area contributed by atoms with E-state index in [4.69, 9.17) is 5.11 Å². The molecule has 1 aromatic heterocycles. The summed E-state index contributed by atoms with van der Waals surface area (Å²) in [7, 11) is 0. The molecule has 1 heterocycles. The molecule has 4 heteroatoms. The van der Waals surface area contributed by atoms with Gasteiger partial charge in [0.1, 0.15) is 0 Å². The summed E-state index contributed by atoms with van der Waals surface area (Å²) >= 11 is 1.53. The number of hydrogen-bond acceptors (Lipinski definition) is 3. The van der Waals surface area contributed by atoms with Crippen LogP contribution < -0.4 is 0 Å². The van der Waals surface area contributed by atoms with Crippen molar-refractivity contribution in [3.8, 4) is 11.3 Å². The zero-order chi connectivity index (χ0) is 10.7. The quantitative estimate of drug-likeness (QED) is 0.862. The van der Waals surface area contributed by atoms with E-state index < -0.39 is 5.97 Å². The summed E-state index contributed by atoms with van der Waals surface area (Å²) in [5.74, 6) is -0.814. The maximum Gasteiger partial charge on any atom is 0.307 e. The number of rotatable bonds is 3. The Balaban J connectivity index is 2.31. The molecule has 0 aliphatic carbocycles. The van der Waals surface area contributed by atoms with Gasteiger partial charge in [0.05, 0.1) is 17.6 Å².